The molecule has 3 aromatic rings. The summed E-state index contributed by atoms with van der Waals surface area (Å²) in [5.74, 6) is -0.641. The van der Waals surface area contributed by atoms with E-state index in [1.54, 1.807) is 0 Å². The van der Waals surface area contributed by atoms with Gasteiger partial charge in [-0.25, -0.2) is 4.90 Å². The van der Waals surface area contributed by atoms with E-state index < -0.39 is 0 Å². The van der Waals surface area contributed by atoms with Crippen molar-refractivity contribution in [2.45, 2.75) is 41.5 Å². The van der Waals surface area contributed by atoms with Crippen molar-refractivity contribution in [2.24, 2.45) is 0 Å². The minimum atomic E-state index is -0.335. The Morgan fingerprint density at radius 1 is 0.688 bits per heavy atom. The molecule has 2 amide bonds. The average Bonchev–Trinajstić information content (AvgIpc) is 2.99. The van der Waals surface area contributed by atoms with Gasteiger partial charge in [0.15, 0.2) is 0 Å². The second-order valence-electron chi connectivity index (χ2n) is 8.66. The van der Waals surface area contributed by atoms with E-state index in [4.69, 9.17) is 0 Å². The van der Waals surface area contributed by atoms with Crippen LogP contribution in [0.2, 0.25) is 0 Å². The predicted octanol–water partition coefficient (Wildman–Crippen LogP) is 5.93. The number of amides is 2. The maximum absolute atomic E-state index is 13.7. The molecule has 0 spiro atoms. The minimum Gasteiger partial charge on any atom is -0.350 e. The Hall–Kier alpha value is -3.66. The van der Waals surface area contributed by atoms with Gasteiger partial charge in [-0.05, 0) is 92.6 Å². The zero-order valence-electron chi connectivity index (χ0n) is 19.5. The van der Waals surface area contributed by atoms with Crippen LogP contribution < -0.4 is 10.2 Å². The normalized spacial score (nSPS) is 13.9. The highest BCUT2D eigenvalue weighted by Crippen LogP contribution is 2.36. The molecule has 1 heterocycles. The molecule has 0 atom stereocenters. The van der Waals surface area contributed by atoms with Gasteiger partial charge in [0.05, 0.1) is 11.3 Å². The maximum Gasteiger partial charge on any atom is 0.282 e. The second kappa shape index (κ2) is 8.12. The van der Waals surface area contributed by atoms with Crippen molar-refractivity contribution in [1.82, 2.24) is 0 Å². The third kappa shape index (κ3) is 3.62. The molecule has 0 fully saturated rings. The molecule has 4 heteroatoms. The van der Waals surface area contributed by atoms with Gasteiger partial charge in [-0.1, -0.05) is 42.5 Å². The Balaban J connectivity index is 1.90. The van der Waals surface area contributed by atoms with E-state index in [-0.39, 0.29) is 11.8 Å². The van der Waals surface area contributed by atoms with E-state index in [1.807, 2.05) is 96.1 Å². The van der Waals surface area contributed by atoms with Gasteiger partial charge in [-0.15, -0.1) is 0 Å². The Morgan fingerprint density at radius 3 is 2.12 bits per heavy atom. The molecular formula is C28H28N2O2. The Morgan fingerprint density at radius 2 is 1.41 bits per heavy atom. The Labute approximate surface area is 189 Å². The molecule has 32 heavy (non-hydrogen) atoms. The van der Waals surface area contributed by atoms with Gasteiger partial charge in [0, 0.05) is 5.69 Å². The number of nitrogens with one attached hydrogen (secondary N) is 1. The molecule has 4 rings (SSSR count). The number of nitrogens with zero attached hydrogens (tertiary/aromatic N) is 1. The molecule has 0 radical (unpaired) electrons. The van der Waals surface area contributed by atoms with Gasteiger partial charge < -0.3 is 5.32 Å². The summed E-state index contributed by atoms with van der Waals surface area (Å²) in [7, 11) is 0. The highest BCUT2D eigenvalue weighted by Gasteiger charge is 2.41. The fourth-order valence-corrected chi connectivity index (χ4v) is 4.01. The van der Waals surface area contributed by atoms with E-state index in [0.29, 0.717) is 17.0 Å². The lowest BCUT2D eigenvalue weighted by molar-refractivity contribution is -0.120. The number of imide groups is 1. The van der Waals surface area contributed by atoms with Crippen LogP contribution in [-0.4, -0.2) is 11.8 Å². The van der Waals surface area contributed by atoms with Crippen LogP contribution in [0.4, 0.5) is 11.4 Å². The zero-order valence-corrected chi connectivity index (χ0v) is 19.5. The van der Waals surface area contributed by atoms with Gasteiger partial charge >= 0.3 is 0 Å². The molecule has 0 bridgehead atoms. The van der Waals surface area contributed by atoms with Crippen LogP contribution in [-0.2, 0) is 9.59 Å². The molecule has 3 aromatic carbocycles. The lowest BCUT2D eigenvalue weighted by Gasteiger charge is -2.19. The molecule has 0 unspecified atom stereocenters. The molecular weight excluding hydrogens is 396 g/mol. The van der Waals surface area contributed by atoms with E-state index in [0.717, 1.165) is 44.6 Å². The highest BCUT2D eigenvalue weighted by molar-refractivity contribution is 6.46. The molecule has 1 aliphatic rings. The molecule has 1 aliphatic heterocycles. The third-order valence-electron chi connectivity index (χ3n) is 6.35. The van der Waals surface area contributed by atoms with Crippen LogP contribution in [0.25, 0.3) is 5.57 Å². The zero-order chi connectivity index (χ0) is 23.2. The standard InChI is InChI=1S/C28H28N2O2/c1-16-10-11-19(4)24(14-16)30-27(31)25(22-13-12-17(2)20(5)15-22)26(28(30)32)29-23-9-7-8-18(3)21(23)6/h7-15,29H,1-6H3. The molecule has 0 saturated heterocycles. The summed E-state index contributed by atoms with van der Waals surface area (Å²) in [4.78, 5) is 28.7. The van der Waals surface area contributed by atoms with Crippen LogP contribution in [0.15, 0.2) is 60.3 Å². The first kappa shape index (κ1) is 21.6. The van der Waals surface area contributed by atoms with E-state index in [9.17, 15) is 9.59 Å². The summed E-state index contributed by atoms with van der Waals surface area (Å²) in [6, 6.07) is 17.6. The summed E-state index contributed by atoms with van der Waals surface area (Å²) in [6.45, 7) is 12.0. The third-order valence-corrected chi connectivity index (χ3v) is 6.35. The SMILES string of the molecule is Cc1ccc(C)c(N2C(=O)C(Nc3cccc(C)c3C)=C(c3ccc(C)c(C)c3)C2=O)c1. The van der Waals surface area contributed by atoms with Crippen molar-refractivity contribution in [3.63, 3.8) is 0 Å². The highest BCUT2D eigenvalue weighted by atomic mass is 16.2. The number of rotatable bonds is 4. The molecule has 1 N–H and O–H groups in total. The summed E-state index contributed by atoms with van der Waals surface area (Å²) in [5.41, 5.74) is 9.16. The first-order chi connectivity index (χ1) is 15.2. The average molecular weight is 425 g/mol. The second-order valence-corrected chi connectivity index (χ2v) is 8.66. The number of hydrogen-bond acceptors (Lipinski definition) is 3. The fourth-order valence-electron chi connectivity index (χ4n) is 4.01. The quantitative estimate of drug-likeness (QED) is 0.528. The summed E-state index contributed by atoms with van der Waals surface area (Å²) in [5, 5.41) is 3.31. The van der Waals surface area contributed by atoms with Crippen LogP contribution in [0.5, 0.6) is 0 Å². The van der Waals surface area contributed by atoms with Gasteiger partial charge in [-0.3, -0.25) is 9.59 Å². The number of carbonyl (C=O) groups excluding carboxylic acids is 2. The smallest absolute Gasteiger partial charge is 0.282 e. The lowest BCUT2D eigenvalue weighted by Crippen LogP contribution is -2.33. The van der Waals surface area contributed by atoms with E-state index in [1.165, 1.54) is 4.90 Å². The molecule has 0 aromatic heterocycles. The summed E-state index contributed by atoms with van der Waals surface area (Å²) < 4.78 is 0. The number of hydrogen-bond donors (Lipinski definition) is 1. The van der Waals surface area contributed by atoms with E-state index in [2.05, 4.69) is 5.32 Å². The summed E-state index contributed by atoms with van der Waals surface area (Å²) >= 11 is 0. The number of anilines is 2. The molecule has 4 nitrogen and oxygen atoms in total. The van der Waals surface area contributed by atoms with Crippen molar-refractivity contribution in [1.29, 1.82) is 0 Å². The monoisotopic (exact) mass is 424 g/mol. The minimum absolute atomic E-state index is 0.306. The maximum atomic E-state index is 13.7. The Kier molecular flexibility index (Phi) is 5.47. The van der Waals surface area contributed by atoms with Crippen molar-refractivity contribution in [2.75, 3.05) is 10.2 Å². The van der Waals surface area contributed by atoms with Crippen molar-refractivity contribution in [3.8, 4) is 0 Å². The number of aryl methyl sites for hydroxylation is 5. The van der Waals surface area contributed by atoms with Crippen molar-refractivity contribution >= 4 is 28.8 Å². The first-order valence-electron chi connectivity index (χ1n) is 10.8. The van der Waals surface area contributed by atoms with E-state index >= 15 is 0 Å². The lowest BCUT2D eigenvalue weighted by atomic mass is 9.99. The largest absolute Gasteiger partial charge is 0.350 e. The van der Waals surface area contributed by atoms with Crippen LogP contribution in [0, 0.1) is 41.5 Å². The molecule has 0 saturated carbocycles. The molecule has 0 aliphatic carbocycles. The van der Waals surface area contributed by atoms with Crippen molar-refractivity contribution < 1.29 is 9.59 Å². The summed E-state index contributed by atoms with van der Waals surface area (Å²) in [6.07, 6.45) is 0. The first-order valence-corrected chi connectivity index (χ1v) is 10.8. The predicted molar refractivity (Wildman–Crippen MR) is 131 cm³/mol. The van der Waals surface area contributed by atoms with Gasteiger partial charge in [0.1, 0.15) is 5.70 Å². The molecule has 162 valence electrons. The van der Waals surface area contributed by atoms with Gasteiger partial charge in [0.2, 0.25) is 0 Å². The van der Waals surface area contributed by atoms with Crippen LogP contribution in [0.1, 0.15) is 38.9 Å². The van der Waals surface area contributed by atoms with Gasteiger partial charge in [0.25, 0.3) is 11.8 Å². The van der Waals surface area contributed by atoms with Crippen molar-refractivity contribution in [3.05, 3.63) is 99.2 Å². The van der Waals surface area contributed by atoms with Crippen LogP contribution in [0.3, 0.4) is 0 Å². The number of carbonyl (C=O) groups is 2. The Bertz CT molecular complexity index is 1300. The topological polar surface area (TPSA) is 49.4 Å². The number of benzene rings is 3. The van der Waals surface area contributed by atoms with Crippen LogP contribution >= 0.6 is 0 Å². The fraction of sp³-hybridized carbons (Fsp3) is 0.214. The van der Waals surface area contributed by atoms with Gasteiger partial charge in [-0.2, -0.15) is 0 Å².